The van der Waals surface area contributed by atoms with Crippen molar-refractivity contribution in [3.63, 3.8) is 0 Å². The van der Waals surface area contributed by atoms with Crippen LogP contribution < -0.4 is 16.2 Å². The van der Waals surface area contributed by atoms with E-state index in [0.717, 1.165) is 17.2 Å². The minimum Gasteiger partial charge on any atom is -0.358 e. The normalized spacial score (nSPS) is 23.0. The summed E-state index contributed by atoms with van der Waals surface area (Å²) in [5.41, 5.74) is 6.12. The molecule has 3 atom stereocenters. The number of benzene rings is 2. The molecule has 25 heavy (non-hydrogen) atoms. The molecule has 1 fully saturated rings. The summed E-state index contributed by atoms with van der Waals surface area (Å²) >= 11 is 5.33. The third-order valence-corrected chi connectivity index (χ3v) is 5.54. The molecule has 3 N–H and O–H groups in total. The molecular formula is C20H25N3OS. The third-order valence-electron chi connectivity index (χ3n) is 5.32. The van der Waals surface area contributed by atoms with Crippen LogP contribution >= 0.6 is 12.2 Å². The van der Waals surface area contributed by atoms with E-state index in [1.807, 2.05) is 42.5 Å². The molecule has 0 aliphatic heterocycles. The van der Waals surface area contributed by atoms with Crippen molar-refractivity contribution < 1.29 is 4.79 Å². The zero-order valence-corrected chi connectivity index (χ0v) is 15.5. The highest BCUT2D eigenvalue weighted by molar-refractivity contribution is 7.80. The fourth-order valence-electron chi connectivity index (χ4n) is 3.51. The van der Waals surface area contributed by atoms with Crippen LogP contribution in [0.3, 0.4) is 0 Å². The van der Waals surface area contributed by atoms with Gasteiger partial charge in [-0.05, 0) is 53.4 Å². The summed E-state index contributed by atoms with van der Waals surface area (Å²) < 4.78 is 0. The summed E-state index contributed by atoms with van der Waals surface area (Å²) in [6.07, 6.45) is 3.61. The van der Waals surface area contributed by atoms with Crippen molar-refractivity contribution >= 4 is 34.0 Å². The molecule has 4 nitrogen and oxygen atoms in total. The van der Waals surface area contributed by atoms with Gasteiger partial charge in [0.25, 0.3) is 5.91 Å². The van der Waals surface area contributed by atoms with Gasteiger partial charge in [0.05, 0.1) is 0 Å². The van der Waals surface area contributed by atoms with Crippen molar-refractivity contribution in [2.24, 2.45) is 11.8 Å². The molecular weight excluding hydrogens is 330 g/mol. The van der Waals surface area contributed by atoms with Crippen molar-refractivity contribution in [3.8, 4) is 0 Å². The van der Waals surface area contributed by atoms with E-state index in [1.54, 1.807) is 0 Å². The highest BCUT2D eigenvalue weighted by Crippen LogP contribution is 2.29. The van der Waals surface area contributed by atoms with Gasteiger partial charge in [0.2, 0.25) is 0 Å². The average molecular weight is 356 g/mol. The SMILES string of the molecule is C[C@@H]1[C@H](C)CCC[C@@H]1NC(=S)NNC(=O)c1ccc2ccccc2c1. The van der Waals surface area contributed by atoms with E-state index in [-0.39, 0.29) is 5.91 Å². The highest BCUT2D eigenvalue weighted by Gasteiger charge is 2.27. The van der Waals surface area contributed by atoms with Gasteiger partial charge in [-0.3, -0.25) is 15.6 Å². The Morgan fingerprint density at radius 3 is 2.60 bits per heavy atom. The van der Waals surface area contributed by atoms with Gasteiger partial charge in [-0.25, -0.2) is 0 Å². The second-order valence-electron chi connectivity index (χ2n) is 6.99. The van der Waals surface area contributed by atoms with E-state index in [1.165, 1.54) is 12.8 Å². The van der Waals surface area contributed by atoms with Crippen molar-refractivity contribution in [1.29, 1.82) is 0 Å². The monoisotopic (exact) mass is 355 g/mol. The second-order valence-corrected chi connectivity index (χ2v) is 7.40. The molecule has 0 aromatic heterocycles. The second kappa shape index (κ2) is 7.83. The topological polar surface area (TPSA) is 53.2 Å². The van der Waals surface area contributed by atoms with Gasteiger partial charge in [-0.15, -0.1) is 0 Å². The van der Waals surface area contributed by atoms with Gasteiger partial charge >= 0.3 is 0 Å². The maximum atomic E-state index is 12.3. The Balaban J connectivity index is 1.55. The maximum absolute atomic E-state index is 12.3. The van der Waals surface area contributed by atoms with Crippen LogP contribution in [-0.4, -0.2) is 17.1 Å². The predicted octanol–water partition coefficient (Wildman–Crippen LogP) is 3.77. The standard InChI is InChI=1S/C20H25N3OS/c1-13-6-5-9-18(14(13)2)21-20(25)23-22-19(24)17-11-10-15-7-3-4-8-16(15)12-17/h3-4,7-8,10-14,18H,5-6,9H2,1-2H3,(H,22,24)(H2,21,23,25)/t13-,14-,18+/m1/s1. The van der Waals surface area contributed by atoms with E-state index < -0.39 is 0 Å². The molecule has 3 rings (SSSR count). The van der Waals surface area contributed by atoms with Gasteiger partial charge in [-0.1, -0.05) is 57.0 Å². The summed E-state index contributed by atoms with van der Waals surface area (Å²) in [6, 6.07) is 14.0. The fourth-order valence-corrected chi connectivity index (χ4v) is 3.71. The Hall–Kier alpha value is -2.14. The number of hydrazine groups is 1. The molecule has 2 aromatic rings. The lowest BCUT2D eigenvalue weighted by Crippen LogP contribution is -2.52. The molecule has 1 amide bonds. The maximum Gasteiger partial charge on any atom is 0.269 e. The van der Waals surface area contributed by atoms with Crippen molar-refractivity contribution in [1.82, 2.24) is 16.2 Å². The van der Waals surface area contributed by atoms with Crippen LogP contribution in [0.4, 0.5) is 0 Å². The number of carbonyl (C=O) groups excluding carboxylic acids is 1. The number of thiocarbonyl (C=S) groups is 1. The molecule has 0 saturated heterocycles. The molecule has 1 aliphatic carbocycles. The fraction of sp³-hybridized carbons (Fsp3) is 0.400. The minimum absolute atomic E-state index is 0.194. The van der Waals surface area contributed by atoms with Gasteiger partial charge in [-0.2, -0.15) is 0 Å². The number of carbonyl (C=O) groups is 1. The van der Waals surface area contributed by atoms with Gasteiger partial charge in [0, 0.05) is 11.6 Å². The van der Waals surface area contributed by atoms with Crippen LogP contribution in [0.5, 0.6) is 0 Å². The number of amides is 1. The van der Waals surface area contributed by atoms with Crippen molar-refractivity contribution in [2.45, 2.75) is 39.2 Å². The number of fused-ring (bicyclic) bond motifs is 1. The molecule has 1 saturated carbocycles. The minimum atomic E-state index is -0.194. The largest absolute Gasteiger partial charge is 0.358 e. The highest BCUT2D eigenvalue weighted by atomic mass is 32.1. The van der Waals surface area contributed by atoms with Crippen LogP contribution in [0.2, 0.25) is 0 Å². The molecule has 132 valence electrons. The number of hydrogen-bond acceptors (Lipinski definition) is 2. The average Bonchev–Trinajstić information content (AvgIpc) is 2.63. The molecule has 0 bridgehead atoms. The third kappa shape index (κ3) is 4.28. The van der Waals surface area contributed by atoms with E-state index in [2.05, 4.69) is 30.0 Å². The lowest BCUT2D eigenvalue weighted by Gasteiger charge is -2.35. The summed E-state index contributed by atoms with van der Waals surface area (Å²) in [5.74, 6) is 1.07. The Labute approximate surface area is 154 Å². The molecule has 0 spiro atoms. The predicted molar refractivity (Wildman–Crippen MR) is 106 cm³/mol. The van der Waals surface area contributed by atoms with E-state index in [9.17, 15) is 4.79 Å². The Bertz CT molecular complexity index is 776. The molecule has 0 radical (unpaired) electrons. The first-order valence-corrected chi connectivity index (χ1v) is 9.31. The number of rotatable bonds is 2. The Morgan fingerprint density at radius 2 is 1.80 bits per heavy atom. The first kappa shape index (κ1) is 17.7. The summed E-state index contributed by atoms with van der Waals surface area (Å²) in [6.45, 7) is 4.55. The van der Waals surface area contributed by atoms with Crippen LogP contribution in [0.25, 0.3) is 10.8 Å². The van der Waals surface area contributed by atoms with Gasteiger partial charge in [0.15, 0.2) is 5.11 Å². The summed E-state index contributed by atoms with van der Waals surface area (Å²) in [7, 11) is 0. The first-order chi connectivity index (χ1) is 12.0. The van der Waals surface area contributed by atoms with Crippen molar-refractivity contribution in [2.75, 3.05) is 0 Å². The van der Waals surface area contributed by atoms with Gasteiger partial charge < -0.3 is 5.32 Å². The number of nitrogens with one attached hydrogen (secondary N) is 3. The van der Waals surface area contributed by atoms with Crippen molar-refractivity contribution in [3.05, 3.63) is 48.0 Å². The molecule has 2 aromatic carbocycles. The quantitative estimate of drug-likeness (QED) is 0.567. The van der Waals surface area contributed by atoms with E-state index in [0.29, 0.717) is 28.6 Å². The molecule has 1 aliphatic rings. The summed E-state index contributed by atoms with van der Waals surface area (Å²) in [4.78, 5) is 12.3. The molecule has 0 heterocycles. The van der Waals surface area contributed by atoms with Gasteiger partial charge in [0.1, 0.15) is 0 Å². The summed E-state index contributed by atoms with van der Waals surface area (Å²) in [5, 5.41) is 5.97. The lowest BCUT2D eigenvalue weighted by atomic mass is 9.78. The smallest absolute Gasteiger partial charge is 0.269 e. The van der Waals surface area contributed by atoms with Crippen LogP contribution in [0, 0.1) is 11.8 Å². The lowest BCUT2D eigenvalue weighted by molar-refractivity contribution is 0.0943. The van der Waals surface area contributed by atoms with E-state index >= 15 is 0 Å². The Kier molecular flexibility index (Phi) is 5.53. The zero-order valence-electron chi connectivity index (χ0n) is 14.7. The molecule has 5 heteroatoms. The Morgan fingerprint density at radius 1 is 1.04 bits per heavy atom. The van der Waals surface area contributed by atoms with Crippen LogP contribution in [0.15, 0.2) is 42.5 Å². The van der Waals surface area contributed by atoms with Crippen LogP contribution in [-0.2, 0) is 0 Å². The van der Waals surface area contributed by atoms with Crippen LogP contribution in [0.1, 0.15) is 43.5 Å². The van der Waals surface area contributed by atoms with E-state index in [4.69, 9.17) is 12.2 Å². The zero-order chi connectivity index (χ0) is 17.8. The number of hydrogen-bond donors (Lipinski definition) is 3. The molecule has 0 unspecified atom stereocenters. The first-order valence-electron chi connectivity index (χ1n) is 8.90.